The van der Waals surface area contributed by atoms with Gasteiger partial charge in [0.25, 0.3) is 0 Å². The highest BCUT2D eigenvalue weighted by molar-refractivity contribution is 5.93. The fourth-order valence-electron chi connectivity index (χ4n) is 1.19. The molecule has 0 aliphatic heterocycles. The van der Waals surface area contributed by atoms with E-state index in [2.05, 4.69) is 4.98 Å². The molecule has 0 aliphatic carbocycles. The van der Waals surface area contributed by atoms with Gasteiger partial charge in [-0.2, -0.15) is 0 Å². The van der Waals surface area contributed by atoms with Gasteiger partial charge in [-0.05, 0) is 35.0 Å². The summed E-state index contributed by atoms with van der Waals surface area (Å²) in [5, 5.41) is 18.5. The van der Waals surface area contributed by atoms with Gasteiger partial charge >= 0.3 is 0 Å². The minimum Gasteiger partial charge on any atom is -0.859 e. The Morgan fingerprint density at radius 1 is 1.31 bits per heavy atom. The third-order valence-corrected chi connectivity index (χ3v) is 1.82. The lowest BCUT2D eigenvalue weighted by Gasteiger charge is -2.06. The smallest absolute Gasteiger partial charge is 0.0454 e. The Kier molecular flexibility index (Phi) is 2.58. The normalized spacial score (nSPS) is 9.54. The molecule has 1 heterocycles. The quantitative estimate of drug-likeness (QED) is 0.523. The van der Waals surface area contributed by atoms with E-state index in [1.807, 2.05) is 12.3 Å². The van der Waals surface area contributed by atoms with Gasteiger partial charge in [-0.25, -0.2) is 0 Å². The summed E-state index contributed by atoms with van der Waals surface area (Å²) < 4.78 is 0. The van der Waals surface area contributed by atoms with Gasteiger partial charge in [0.05, 0.1) is 0 Å². The molecule has 3 nitrogen and oxygen atoms in total. The van der Waals surface area contributed by atoms with Crippen molar-refractivity contribution in [1.82, 2.24) is 4.98 Å². The lowest BCUT2D eigenvalue weighted by molar-refractivity contribution is -0.214. The number of fused-ring (bicyclic) bond motifs is 1. The van der Waals surface area contributed by atoms with Gasteiger partial charge in [0.1, 0.15) is 0 Å². The number of nitrogens with one attached hydrogen (secondary N) is 2. The number of benzene rings is 1. The van der Waals surface area contributed by atoms with Gasteiger partial charge in [0, 0.05) is 11.7 Å². The number of aromatic amines is 1. The first-order valence-corrected chi connectivity index (χ1v) is 3.60. The predicted molar refractivity (Wildman–Crippen MR) is 52.4 cm³/mol. The summed E-state index contributed by atoms with van der Waals surface area (Å²) in [4.78, 5) is 3.01. The molecule has 0 saturated carbocycles. The standard InChI is InChI=1S/C9H8N2O.ClH/c10-9(12)7-1-2-8-6(5-7)3-4-11-8;/h1-5,11H,(H2,10,12);1H/p-1. The van der Waals surface area contributed by atoms with E-state index in [4.69, 9.17) is 5.41 Å². The SMILES string of the molecule is Cl.N=C([O-])c1ccc2[nH]ccc2c1. The topological polar surface area (TPSA) is 62.7 Å². The molecule has 68 valence electrons. The number of H-pyrrole nitrogens is 1. The molecule has 2 rings (SSSR count). The van der Waals surface area contributed by atoms with Crippen molar-refractivity contribution in [2.45, 2.75) is 0 Å². The van der Waals surface area contributed by atoms with Gasteiger partial charge in [-0.3, -0.25) is 0 Å². The number of hydrogen-bond acceptors (Lipinski definition) is 2. The molecule has 2 aromatic rings. The molecule has 0 saturated heterocycles. The van der Waals surface area contributed by atoms with Crippen LogP contribution in [-0.4, -0.2) is 10.9 Å². The van der Waals surface area contributed by atoms with Gasteiger partial charge in [-0.1, -0.05) is 6.07 Å². The van der Waals surface area contributed by atoms with E-state index in [-0.39, 0.29) is 12.4 Å². The van der Waals surface area contributed by atoms with E-state index < -0.39 is 5.90 Å². The first-order valence-electron chi connectivity index (χ1n) is 3.60. The van der Waals surface area contributed by atoms with E-state index in [0.29, 0.717) is 5.56 Å². The zero-order chi connectivity index (χ0) is 8.55. The number of rotatable bonds is 1. The first-order chi connectivity index (χ1) is 5.77. The van der Waals surface area contributed by atoms with Crippen molar-refractivity contribution in [3.8, 4) is 0 Å². The first kappa shape index (κ1) is 9.61. The molecule has 2 N–H and O–H groups in total. The summed E-state index contributed by atoms with van der Waals surface area (Å²) >= 11 is 0. The Labute approximate surface area is 81.3 Å². The third kappa shape index (κ3) is 1.65. The van der Waals surface area contributed by atoms with Crippen molar-refractivity contribution in [1.29, 1.82) is 5.41 Å². The van der Waals surface area contributed by atoms with Crippen molar-refractivity contribution >= 4 is 29.2 Å². The molecule has 0 amide bonds. The molecule has 0 fully saturated rings. The highest BCUT2D eigenvalue weighted by atomic mass is 35.5. The minimum absolute atomic E-state index is 0. The molecule has 0 unspecified atom stereocenters. The van der Waals surface area contributed by atoms with Crippen LogP contribution in [0.1, 0.15) is 5.56 Å². The molecule has 1 aromatic carbocycles. The number of halogens is 1. The zero-order valence-corrected chi connectivity index (χ0v) is 7.52. The molecule has 13 heavy (non-hydrogen) atoms. The Bertz CT molecular complexity index is 436. The lowest BCUT2D eigenvalue weighted by Crippen LogP contribution is -2.16. The highest BCUT2D eigenvalue weighted by Crippen LogP contribution is 2.13. The maximum absolute atomic E-state index is 10.7. The summed E-state index contributed by atoms with van der Waals surface area (Å²) in [6, 6.07) is 7.04. The maximum Gasteiger partial charge on any atom is 0.0454 e. The van der Waals surface area contributed by atoms with E-state index in [1.54, 1.807) is 18.2 Å². The Morgan fingerprint density at radius 3 is 2.77 bits per heavy atom. The summed E-state index contributed by atoms with van der Waals surface area (Å²) in [6.45, 7) is 0. The molecule has 0 atom stereocenters. The van der Waals surface area contributed by atoms with Crippen molar-refractivity contribution in [2.75, 3.05) is 0 Å². The minimum atomic E-state index is -0.641. The monoisotopic (exact) mass is 195 g/mol. The van der Waals surface area contributed by atoms with E-state index in [9.17, 15) is 5.11 Å². The second-order valence-corrected chi connectivity index (χ2v) is 2.61. The Morgan fingerprint density at radius 2 is 2.08 bits per heavy atom. The van der Waals surface area contributed by atoms with Gasteiger partial charge in [0.2, 0.25) is 0 Å². The Hall–Kier alpha value is -1.48. The molecular weight excluding hydrogens is 188 g/mol. The second-order valence-electron chi connectivity index (χ2n) is 2.61. The van der Waals surface area contributed by atoms with Gasteiger partial charge in [-0.15, -0.1) is 12.4 Å². The largest absolute Gasteiger partial charge is 0.859 e. The van der Waals surface area contributed by atoms with Crippen molar-refractivity contribution < 1.29 is 5.11 Å². The van der Waals surface area contributed by atoms with Crippen LogP contribution in [0, 0.1) is 5.41 Å². The summed E-state index contributed by atoms with van der Waals surface area (Å²) in [5.41, 5.74) is 1.42. The molecule has 4 heteroatoms. The van der Waals surface area contributed by atoms with Crippen LogP contribution in [0.15, 0.2) is 30.5 Å². The number of aromatic nitrogens is 1. The van der Waals surface area contributed by atoms with Gasteiger partial charge < -0.3 is 15.5 Å². The van der Waals surface area contributed by atoms with Crippen molar-refractivity contribution in [2.24, 2.45) is 0 Å². The van der Waals surface area contributed by atoms with Crippen LogP contribution in [-0.2, 0) is 0 Å². The van der Waals surface area contributed by atoms with Crippen LogP contribution in [0.3, 0.4) is 0 Å². The molecule has 0 spiro atoms. The highest BCUT2D eigenvalue weighted by Gasteiger charge is 1.95. The lowest BCUT2D eigenvalue weighted by atomic mass is 10.1. The van der Waals surface area contributed by atoms with Crippen LogP contribution < -0.4 is 5.11 Å². The average Bonchev–Trinajstić information content (AvgIpc) is 2.49. The Balaban J connectivity index is 0.000000845. The van der Waals surface area contributed by atoms with E-state index in [1.165, 1.54) is 0 Å². The van der Waals surface area contributed by atoms with Crippen LogP contribution in [0.25, 0.3) is 10.9 Å². The van der Waals surface area contributed by atoms with Crippen molar-refractivity contribution in [3.05, 3.63) is 36.0 Å². The van der Waals surface area contributed by atoms with Crippen LogP contribution in [0.4, 0.5) is 0 Å². The average molecular weight is 196 g/mol. The fraction of sp³-hybridized carbons (Fsp3) is 0. The third-order valence-electron chi connectivity index (χ3n) is 1.82. The second kappa shape index (κ2) is 3.49. The zero-order valence-electron chi connectivity index (χ0n) is 6.70. The van der Waals surface area contributed by atoms with E-state index in [0.717, 1.165) is 10.9 Å². The maximum atomic E-state index is 10.7. The summed E-state index contributed by atoms with van der Waals surface area (Å²) in [5.74, 6) is -0.641. The number of hydrogen-bond donors (Lipinski definition) is 2. The van der Waals surface area contributed by atoms with Crippen LogP contribution in [0.2, 0.25) is 0 Å². The van der Waals surface area contributed by atoms with Gasteiger partial charge in [0.15, 0.2) is 0 Å². The molecule has 1 aromatic heterocycles. The molecule has 0 radical (unpaired) electrons. The molecular formula is C9H8ClN2O-. The van der Waals surface area contributed by atoms with Crippen LogP contribution in [0.5, 0.6) is 0 Å². The summed E-state index contributed by atoms with van der Waals surface area (Å²) in [7, 11) is 0. The summed E-state index contributed by atoms with van der Waals surface area (Å²) in [6.07, 6.45) is 1.81. The fourth-order valence-corrected chi connectivity index (χ4v) is 1.19. The van der Waals surface area contributed by atoms with E-state index >= 15 is 0 Å². The van der Waals surface area contributed by atoms with Crippen molar-refractivity contribution in [3.63, 3.8) is 0 Å². The van der Waals surface area contributed by atoms with Crippen LogP contribution >= 0.6 is 12.4 Å². The molecule has 0 aliphatic rings. The molecule has 0 bridgehead atoms. The predicted octanol–water partition coefficient (Wildman–Crippen LogP) is 1.28.